The van der Waals surface area contributed by atoms with E-state index in [-0.39, 0.29) is 41.5 Å². The van der Waals surface area contributed by atoms with E-state index in [1.54, 1.807) is 6.07 Å². The summed E-state index contributed by atoms with van der Waals surface area (Å²) in [6.45, 7) is 0.0206. The summed E-state index contributed by atoms with van der Waals surface area (Å²) < 4.78 is 13.3. The molecule has 7 heteroatoms. The smallest absolute Gasteiger partial charge is 0.193 e. The Kier molecular flexibility index (Phi) is 7.57. The molecule has 0 aliphatic carbocycles. The first-order valence-corrected chi connectivity index (χ1v) is 6.69. The summed E-state index contributed by atoms with van der Waals surface area (Å²) in [5, 5.41) is 12.9. The topological polar surface area (TPSA) is 70.6 Å². The predicted molar refractivity (Wildman–Crippen MR) is 98.3 cm³/mol. The molecule has 0 aliphatic rings. The van der Waals surface area contributed by atoms with Gasteiger partial charge in [0, 0.05) is 5.69 Å². The molecule has 0 aromatic heterocycles. The molecule has 2 rings (SSSR count). The van der Waals surface area contributed by atoms with E-state index in [1.807, 2.05) is 30.3 Å². The van der Waals surface area contributed by atoms with Gasteiger partial charge in [-0.1, -0.05) is 35.9 Å². The molecule has 1 unspecified atom stereocenters. The SMILES string of the molecule is I.NC(=NCC(O)c1ccc(Cl)c(F)c1)Nc1ccccc1. The van der Waals surface area contributed by atoms with Gasteiger partial charge in [0.25, 0.3) is 0 Å². The van der Waals surface area contributed by atoms with Crippen molar-refractivity contribution in [1.29, 1.82) is 0 Å². The Morgan fingerprint density at radius 2 is 1.95 bits per heavy atom. The molecule has 0 fully saturated rings. The Balaban J connectivity index is 0.00000242. The number of aliphatic hydroxyl groups is 1. The second kappa shape index (κ2) is 8.92. The highest BCUT2D eigenvalue weighted by molar-refractivity contribution is 14.0. The van der Waals surface area contributed by atoms with Crippen LogP contribution in [0.3, 0.4) is 0 Å². The average Bonchev–Trinajstić information content (AvgIpc) is 2.48. The van der Waals surface area contributed by atoms with Gasteiger partial charge in [0.15, 0.2) is 5.96 Å². The lowest BCUT2D eigenvalue weighted by atomic mass is 10.1. The average molecular weight is 436 g/mol. The number of anilines is 1. The quantitative estimate of drug-likeness (QED) is 0.391. The zero-order valence-electron chi connectivity index (χ0n) is 11.5. The fraction of sp³-hybridized carbons (Fsp3) is 0.133. The largest absolute Gasteiger partial charge is 0.386 e. The highest BCUT2D eigenvalue weighted by Gasteiger charge is 2.10. The van der Waals surface area contributed by atoms with Gasteiger partial charge in [-0.05, 0) is 29.8 Å². The summed E-state index contributed by atoms with van der Waals surface area (Å²) in [5.41, 5.74) is 6.91. The van der Waals surface area contributed by atoms with Crippen LogP contribution in [0.25, 0.3) is 0 Å². The highest BCUT2D eigenvalue weighted by atomic mass is 127. The fourth-order valence-corrected chi connectivity index (χ4v) is 1.84. The Hall–Kier alpha value is -1.38. The third-order valence-electron chi connectivity index (χ3n) is 2.81. The molecule has 0 bridgehead atoms. The molecule has 2 aromatic carbocycles. The number of hydrogen-bond acceptors (Lipinski definition) is 2. The third kappa shape index (κ3) is 5.43. The van der Waals surface area contributed by atoms with Crippen molar-refractivity contribution >= 4 is 47.2 Å². The molecule has 1 atom stereocenters. The van der Waals surface area contributed by atoms with Crippen LogP contribution in [0.5, 0.6) is 0 Å². The van der Waals surface area contributed by atoms with E-state index >= 15 is 0 Å². The van der Waals surface area contributed by atoms with Gasteiger partial charge in [0.1, 0.15) is 5.82 Å². The maximum absolute atomic E-state index is 13.3. The molecule has 118 valence electrons. The number of aliphatic imine (C=N–C) groups is 1. The molecular weight excluding hydrogens is 420 g/mol. The number of guanidine groups is 1. The summed E-state index contributed by atoms with van der Waals surface area (Å²) in [6, 6.07) is 13.4. The highest BCUT2D eigenvalue weighted by Crippen LogP contribution is 2.20. The Labute approximate surface area is 150 Å². The summed E-state index contributed by atoms with van der Waals surface area (Å²) in [5.74, 6) is -0.401. The number of hydrogen-bond donors (Lipinski definition) is 3. The van der Waals surface area contributed by atoms with Crippen LogP contribution >= 0.6 is 35.6 Å². The standard InChI is InChI=1S/C15H15ClFN3O.HI/c16-12-7-6-10(8-13(12)17)14(21)9-19-15(18)20-11-4-2-1-3-5-11;/h1-8,14,21H,9H2,(H3,18,19,20);1H. The number of benzene rings is 2. The van der Waals surface area contributed by atoms with Crippen LogP contribution in [0, 0.1) is 5.82 Å². The summed E-state index contributed by atoms with van der Waals surface area (Å²) >= 11 is 5.59. The molecule has 22 heavy (non-hydrogen) atoms. The van der Waals surface area contributed by atoms with Crippen LogP contribution < -0.4 is 11.1 Å². The zero-order valence-corrected chi connectivity index (χ0v) is 14.6. The molecule has 0 spiro atoms. The number of nitrogens with two attached hydrogens (primary N) is 1. The van der Waals surface area contributed by atoms with Gasteiger partial charge in [-0.25, -0.2) is 4.39 Å². The van der Waals surface area contributed by atoms with Gasteiger partial charge in [-0.3, -0.25) is 4.99 Å². The lowest BCUT2D eigenvalue weighted by molar-refractivity contribution is 0.187. The van der Waals surface area contributed by atoms with Crippen molar-refractivity contribution in [3.8, 4) is 0 Å². The van der Waals surface area contributed by atoms with Crippen molar-refractivity contribution in [3.63, 3.8) is 0 Å². The van der Waals surface area contributed by atoms with E-state index in [9.17, 15) is 9.50 Å². The van der Waals surface area contributed by atoms with E-state index in [4.69, 9.17) is 17.3 Å². The van der Waals surface area contributed by atoms with Crippen LogP contribution in [-0.4, -0.2) is 17.6 Å². The monoisotopic (exact) mass is 435 g/mol. The van der Waals surface area contributed by atoms with Gasteiger partial charge >= 0.3 is 0 Å². The summed E-state index contributed by atoms with van der Waals surface area (Å²) in [4.78, 5) is 4.03. The molecule has 0 saturated heterocycles. The van der Waals surface area contributed by atoms with Gasteiger partial charge in [-0.2, -0.15) is 0 Å². The number of halogens is 3. The van der Waals surface area contributed by atoms with E-state index in [1.165, 1.54) is 12.1 Å². The van der Waals surface area contributed by atoms with Crippen molar-refractivity contribution in [2.24, 2.45) is 10.7 Å². The lowest BCUT2D eigenvalue weighted by Crippen LogP contribution is -2.23. The molecule has 4 nitrogen and oxygen atoms in total. The number of rotatable bonds is 4. The molecule has 4 N–H and O–H groups in total. The molecule has 0 saturated carbocycles. The predicted octanol–water partition coefficient (Wildman–Crippen LogP) is 3.56. The third-order valence-corrected chi connectivity index (χ3v) is 3.12. The van der Waals surface area contributed by atoms with E-state index < -0.39 is 11.9 Å². The summed E-state index contributed by atoms with van der Waals surface area (Å²) in [6.07, 6.45) is -0.951. The number of nitrogens with zero attached hydrogens (tertiary/aromatic N) is 1. The van der Waals surface area contributed by atoms with Gasteiger partial charge in [-0.15, -0.1) is 24.0 Å². The van der Waals surface area contributed by atoms with Crippen LogP contribution in [-0.2, 0) is 0 Å². The normalized spacial score (nSPS) is 12.4. The van der Waals surface area contributed by atoms with Gasteiger partial charge in [0.2, 0.25) is 0 Å². The molecular formula is C15H16ClFIN3O. The molecule has 0 amide bonds. The molecule has 0 aliphatic heterocycles. The Morgan fingerprint density at radius 3 is 2.59 bits per heavy atom. The number of nitrogens with one attached hydrogen (secondary N) is 1. The van der Waals surface area contributed by atoms with Crippen LogP contribution in [0.15, 0.2) is 53.5 Å². The first-order valence-electron chi connectivity index (χ1n) is 6.31. The molecule has 2 aromatic rings. The minimum absolute atomic E-state index is 0. The number of para-hydroxylation sites is 1. The lowest BCUT2D eigenvalue weighted by Gasteiger charge is -2.10. The van der Waals surface area contributed by atoms with Crippen LogP contribution in [0.1, 0.15) is 11.7 Å². The van der Waals surface area contributed by atoms with Crippen molar-refractivity contribution in [2.75, 3.05) is 11.9 Å². The second-order valence-corrected chi connectivity index (χ2v) is 4.81. The Bertz CT molecular complexity index is 640. The van der Waals surface area contributed by atoms with Crippen molar-refractivity contribution in [3.05, 3.63) is 64.9 Å². The van der Waals surface area contributed by atoms with Crippen molar-refractivity contribution < 1.29 is 9.50 Å². The van der Waals surface area contributed by atoms with E-state index in [0.717, 1.165) is 5.69 Å². The van der Waals surface area contributed by atoms with Gasteiger partial charge in [0.05, 0.1) is 17.7 Å². The van der Waals surface area contributed by atoms with E-state index in [0.29, 0.717) is 5.56 Å². The molecule has 0 radical (unpaired) electrons. The summed E-state index contributed by atoms with van der Waals surface area (Å²) in [7, 11) is 0. The molecule has 0 heterocycles. The second-order valence-electron chi connectivity index (χ2n) is 4.41. The van der Waals surface area contributed by atoms with E-state index in [2.05, 4.69) is 10.3 Å². The Morgan fingerprint density at radius 1 is 1.27 bits per heavy atom. The maximum atomic E-state index is 13.3. The van der Waals surface area contributed by atoms with Crippen molar-refractivity contribution in [2.45, 2.75) is 6.10 Å². The van der Waals surface area contributed by atoms with Crippen LogP contribution in [0.4, 0.5) is 10.1 Å². The first kappa shape index (κ1) is 18.7. The zero-order chi connectivity index (χ0) is 15.2. The fourth-order valence-electron chi connectivity index (χ4n) is 1.72. The first-order chi connectivity index (χ1) is 10.1. The number of aliphatic hydroxyl groups excluding tert-OH is 1. The van der Waals surface area contributed by atoms with Gasteiger partial charge < -0.3 is 16.2 Å². The minimum Gasteiger partial charge on any atom is -0.386 e. The minimum atomic E-state index is -0.951. The van der Waals surface area contributed by atoms with Crippen LogP contribution in [0.2, 0.25) is 5.02 Å². The van der Waals surface area contributed by atoms with Crippen molar-refractivity contribution in [1.82, 2.24) is 0 Å². The maximum Gasteiger partial charge on any atom is 0.193 e.